The highest BCUT2D eigenvalue weighted by Crippen LogP contribution is 2.29. The molecule has 14 heteroatoms. The molecule has 2 amide bonds. The van der Waals surface area contributed by atoms with Crippen molar-refractivity contribution in [1.82, 2.24) is 10.6 Å². The summed E-state index contributed by atoms with van der Waals surface area (Å²) in [6, 6.07) is 12.3. The van der Waals surface area contributed by atoms with Crippen LogP contribution in [0.25, 0.3) is 0 Å². The number of phenols is 1. The van der Waals surface area contributed by atoms with E-state index in [0.717, 1.165) is 11.6 Å². The molecule has 0 fully saturated rings. The molecule has 0 radical (unpaired) electrons. The molecule has 3 aromatic carbocycles. The Kier molecular flexibility index (Phi) is 12.4. The number of ketones is 1. The third-order valence-electron chi connectivity index (χ3n) is 7.02. The third kappa shape index (κ3) is 9.53. The minimum Gasteiger partial charge on any atom is -0.507 e. The zero-order valence-electron chi connectivity index (χ0n) is 25.7. The van der Waals surface area contributed by atoms with E-state index in [0.29, 0.717) is 30.5 Å². The van der Waals surface area contributed by atoms with Crippen LogP contribution in [0, 0.1) is 0 Å². The number of hydrogen-bond acceptors (Lipinski definition) is 9. The van der Waals surface area contributed by atoms with Crippen molar-refractivity contribution in [2.24, 2.45) is 0 Å². The highest BCUT2D eigenvalue weighted by molar-refractivity contribution is 6.41. The molecular weight excluding hydrogens is 614 g/mol. The minimum absolute atomic E-state index is 0.0252. The van der Waals surface area contributed by atoms with Gasteiger partial charge < -0.3 is 41.1 Å². The number of benzene rings is 3. The van der Waals surface area contributed by atoms with Gasteiger partial charge in [0.1, 0.15) is 23.1 Å². The third-order valence-corrected chi connectivity index (χ3v) is 7.02. The molecule has 0 aliphatic carbocycles. The normalized spacial score (nSPS) is 11.2. The molecule has 0 bridgehead atoms. The first kappa shape index (κ1) is 35.6. The van der Waals surface area contributed by atoms with E-state index in [1.165, 1.54) is 37.3 Å². The first-order valence-corrected chi connectivity index (χ1v) is 14.6. The van der Waals surface area contributed by atoms with E-state index in [-0.39, 0.29) is 36.6 Å². The summed E-state index contributed by atoms with van der Waals surface area (Å²) in [6.45, 7) is 3.54. The number of aromatic hydroxyl groups is 1. The van der Waals surface area contributed by atoms with E-state index in [1.54, 1.807) is 18.2 Å². The summed E-state index contributed by atoms with van der Waals surface area (Å²) in [5, 5.41) is 46.3. The fourth-order valence-electron chi connectivity index (χ4n) is 4.81. The van der Waals surface area contributed by atoms with Crippen LogP contribution in [-0.2, 0) is 27.2 Å². The molecule has 0 unspecified atom stereocenters. The Morgan fingerprint density at radius 3 is 2.19 bits per heavy atom. The van der Waals surface area contributed by atoms with Crippen LogP contribution >= 0.6 is 0 Å². The fraction of sp³-hybridized carbons (Fsp3) is 0.273. The number of carboxylic acid groups (broad SMARTS) is 3. The number of carbonyl (C=O) groups excluding carboxylic acids is 3. The van der Waals surface area contributed by atoms with E-state index in [2.05, 4.69) is 16.0 Å². The number of aryl methyl sites for hydroxylation is 1. The summed E-state index contributed by atoms with van der Waals surface area (Å²) >= 11 is 0. The lowest BCUT2D eigenvalue weighted by Gasteiger charge is -2.20. The number of rotatable bonds is 17. The molecular formula is C33H35N3O11. The number of hydrogen-bond donors (Lipinski definition) is 7. The lowest BCUT2D eigenvalue weighted by atomic mass is 9.98. The average Bonchev–Trinajstić information content (AvgIpc) is 3.01. The van der Waals surface area contributed by atoms with Gasteiger partial charge in [0.2, 0.25) is 11.8 Å². The Bertz CT molecular complexity index is 1690. The fourth-order valence-corrected chi connectivity index (χ4v) is 4.81. The van der Waals surface area contributed by atoms with Crippen molar-refractivity contribution < 1.29 is 53.9 Å². The van der Waals surface area contributed by atoms with Crippen LogP contribution in [-0.4, -0.2) is 75.1 Å². The molecule has 3 aromatic rings. The Morgan fingerprint density at radius 1 is 0.851 bits per heavy atom. The van der Waals surface area contributed by atoms with Gasteiger partial charge in [-0.2, -0.15) is 0 Å². The van der Waals surface area contributed by atoms with Gasteiger partial charge in [-0.1, -0.05) is 31.2 Å². The van der Waals surface area contributed by atoms with Crippen LogP contribution in [0.5, 0.6) is 11.5 Å². The summed E-state index contributed by atoms with van der Waals surface area (Å²) < 4.78 is 5.49. The molecule has 0 saturated heterocycles. The van der Waals surface area contributed by atoms with Gasteiger partial charge in [-0.25, -0.2) is 14.4 Å². The molecule has 14 nitrogen and oxygen atoms in total. The summed E-state index contributed by atoms with van der Waals surface area (Å²) in [7, 11) is 0. The second-order valence-corrected chi connectivity index (χ2v) is 10.4. The van der Waals surface area contributed by atoms with Gasteiger partial charge in [-0.15, -0.1) is 0 Å². The predicted octanol–water partition coefficient (Wildman–Crippen LogP) is 3.38. The Labute approximate surface area is 269 Å². The molecule has 0 aliphatic heterocycles. The van der Waals surface area contributed by atoms with Gasteiger partial charge in [-0.05, 0) is 60.7 Å². The van der Waals surface area contributed by atoms with E-state index >= 15 is 0 Å². The van der Waals surface area contributed by atoms with E-state index in [4.69, 9.17) is 9.84 Å². The highest BCUT2D eigenvalue weighted by atomic mass is 16.5. The van der Waals surface area contributed by atoms with Crippen LogP contribution in [0.2, 0.25) is 0 Å². The van der Waals surface area contributed by atoms with Gasteiger partial charge >= 0.3 is 17.9 Å². The maximum atomic E-state index is 13.0. The number of unbranched alkanes of at least 4 members (excludes halogenated alkanes) is 1. The SMILES string of the molecule is CCc1cc(C[C@H](NC(C)=O)C(=O)NCCCCOc2cccc(O)c2C(=O)O)ccc1Nc1cccc(C(=O)C(=O)O)c1C(=O)O. The second kappa shape index (κ2) is 16.4. The molecule has 1 atom stereocenters. The van der Waals surface area contributed by atoms with Crippen LogP contribution < -0.4 is 20.7 Å². The van der Waals surface area contributed by atoms with E-state index in [1.807, 2.05) is 6.92 Å². The van der Waals surface area contributed by atoms with Gasteiger partial charge in [-0.3, -0.25) is 14.4 Å². The number of amides is 2. The zero-order chi connectivity index (χ0) is 34.7. The Balaban J connectivity index is 1.66. The molecule has 0 aromatic heterocycles. The van der Waals surface area contributed by atoms with Crippen molar-refractivity contribution in [3.05, 3.63) is 82.4 Å². The molecule has 0 heterocycles. The minimum atomic E-state index is -1.78. The molecule has 47 heavy (non-hydrogen) atoms. The summed E-state index contributed by atoms with van der Waals surface area (Å²) in [5.74, 6) is -7.14. The van der Waals surface area contributed by atoms with E-state index in [9.17, 15) is 44.1 Å². The maximum Gasteiger partial charge on any atom is 0.377 e. The quantitative estimate of drug-likeness (QED) is 0.0634. The number of anilines is 2. The maximum absolute atomic E-state index is 13.0. The largest absolute Gasteiger partial charge is 0.507 e. The Morgan fingerprint density at radius 2 is 1.55 bits per heavy atom. The van der Waals surface area contributed by atoms with Gasteiger partial charge in [0.15, 0.2) is 0 Å². The lowest BCUT2D eigenvalue weighted by molar-refractivity contribution is -0.131. The van der Waals surface area contributed by atoms with Gasteiger partial charge in [0.05, 0.1) is 17.9 Å². The average molecular weight is 650 g/mol. The number of Topliss-reactive ketones (excluding diaryl/α,β-unsaturated/α-hetero) is 1. The zero-order valence-corrected chi connectivity index (χ0v) is 25.7. The second-order valence-electron chi connectivity index (χ2n) is 10.4. The Hall–Kier alpha value is -5.92. The summed E-state index contributed by atoms with van der Waals surface area (Å²) in [6.07, 6.45) is 1.57. The number of aromatic carboxylic acids is 2. The van der Waals surface area contributed by atoms with Crippen molar-refractivity contribution in [1.29, 1.82) is 0 Å². The van der Waals surface area contributed by atoms with Crippen molar-refractivity contribution in [2.45, 2.75) is 45.6 Å². The molecule has 0 spiro atoms. The predicted molar refractivity (Wildman–Crippen MR) is 169 cm³/mol. The van der Waals surface area contributed by atoms with Crippen molar-refractivity contribution in [2.75, 3.05) is 18.5 Å². The summed E-state index contributed by atoms with van der Waals surface area (Å²) in [4.78, 5) is 71.6. The van der Waals surface area contributed by atoms with Crippen molar-refractivity contribution >= 4 is 46.9 Å². The number of ether oxygens (including phenoxy) is 1. The monoisotopic (exact) mass is 649 g/mol. The first-order chi connectivity index (χ1) is 22.3. The van der Waals surface area contributed by atoms with Crippen LogP contribution in [0.4, 0.5) is 11.4 Å². The lowest BCUT2D eigenvalue weighted by Crippen LogP contribution is -2.47. The number of aliphatic carboxylic acids is 1. The van der Waals surface area contributed by atoms with Crippen molar-refractivity contribution in [3.8, 4) is 11.5 Å². The van der Waals surface area contributed by atoms with Gasteiger partial charge in [0.25, 0.3) is 5.78 Å². The number of nitrogens with one attached hydrogen (secondary N) is 3. The topological polar surface area (TPSA) is 229 Å². The van der Waals surface area contributed by atoms with Gasteiger partial charge in [0, 0.05) is 31.1 Å². The van der Waals surface area contributed by atoms with Crippen LogP contribution in [0.1, 0.15) is 68.9 Å². The number of carboxylic acids is 3. The molecule has 7 N–H and O–H groups in total. The smallest absolute Gasteiger partial charge is 0.377 e. The molecule has 3 rings (SSSR count). The van der Waals surface area contributed by atoms with Crippen LogP contribution in [0.3, 0.4) is 0 Å². The number of carbonyl (C=O) groups is 6. The molecule has 248 valence electrons. The molecule has 0 saturated carbocycles. The standard InChI is InChI=1S/C33H35N3O11/c1-3-20-16-19(12-13-22(20)36-23-9-6-8-21(27(23)31(41)42)29(39)33(45)46)17-24(35-18(2)37)30(40)34-14-4-5-15-47-26-11-7-10-25(38)28(26)32(43)44/h6-13,16,24,36,38H,3-5,14-15,17H2,1-2H3,(H,34,40)(H,35,37)(H,41,42)(H,43,44)(H,45,46)/t24-/m0/s1. The highest BCUT2D eigenvalue weighted by Gasteiger charge is 2.25. The summed E-state index contributed by atoms with van der Waals surface area (Å²) in [5.41, 5.74) is 0.673. The van der Waals surface area contributed by atoms with Crippen molar-refractivity contribution in [3.63, 3.8) is 0 Å². The first-order valence-electron chi connectivity index (χ1n) is 14.6. The van der Waals surface area contributed by atoms with Crippen LogP contribution in [0.15, 0.2) is 54.6 Å². The molecule has 0 aliphatic rings. The van der Waals surface area contributed by atoms with E-state index < -0.39 is 58.4 Å².